The van der Waals surface area contributed by atoms with Crippen LogP contribution in [0.3, 0.4) is 0 Å². The number of hydrogen-bond acceptors (Lipinski definition) is 4. The Bertz CT molecular complexity index is 887. The van der Waals surface area contributed by atoms with Gasteiger partial charge in [0.25, 0.3) is 5.56 Å². The third-order valence-electron chi connectivity index (χ3n) is 3.92. The van der Waals surface area contributed by atoms with Gasteiger partial charge in [-0.3, -0.25) is 13.9 Å². The second kappa shape index (κ2) is 5.53. The zero-order valence-corrected chi connectivity index (χ0v) is 12.2. The third kappa shape index (κ3) is 2.21. The molecular formula is C16H15N3O3. The van der Waals surface area contributed by atoms with E-state index in [2.05, 4.69) is 0 Å². The lowest BCUT2D eigenvalue weighted by Crippen LogP contribution is -2.41. The van der Waals surface area contributed by atoms with Crippen molar-refractivity contribution in [2.24, 2.45) is 0 Å². The van der Waals surface area contributed by atoms with Crippen LogP contribution in [0.2, 0.25) is 0 Å². The van der Waals surface area contributed by atoms with Crippen LogP contribution in [-0.4, -0.2) is 16.2 Å². The van der Waals surface area contributed by atoms with E-state index >= 15 is 0 Å². The summed E-state index contributed by atoms with van der Waals surface area (Å²) >= 11 is 0. The lowest BCUT2D eigenvalue weighted by atomic mass is 10.2. The Labute approximate surface area is 126 Å². The van der Waals surface area contributed by atoms with E-state index < -0.39 is 5.56 Å². The van der Waals surface area contributed by atoms with Gasteiger partial charge in [0.05, 0.1) is 13.7 Å². The Morgan fingerprint density at radius 1 is 1.36 bits per heavy atom. The van der Waals surface area contributed by atoms with E-state index in [1.54, 1.807) is 29.9 Å². The molecule has 2 aromatic rings. The van der Waals surface area contributed by atoms with Crippen LogP contribution in [0.25, 0.3) is 0 Å². The van der Waals surface area contributed by atoms with Crippen molar-refractivity contribution in [3.8, 4) is 11.8 Å². The van der Waals surface area contributed by atoms with Gasteiger partial charge in [0, 0.05) is 12.2 Å². The Morgan fingerprint density at radius 2 is 2.18 bits per heavy atom. The largest absolute Gasteiger partial charge is 0.497 e. The van der Waals surface area contributed by atoms with E-state index in [1.165, 1.54) is 0 Å². The van der Waals surface area contributed by atoms with Gasteiger partial charge in [-0.25, -0.2) is 4.79 Å². The fraction of sp³-hybridized carbons (Fsp3) is 0.312. The van der Waals surface area contributed by atoms with E-state index in [4.69, 9.17) is 4.74 Å². The molecule has 1 aliphatic rings. The fourth-order valence-corrected chi connectivity index (χ4v) is 2.84. The van der Waals surface area contributed by atoms with Crippen molar-refractivity contribution in [3.05, 3.63) is 61.9 Å². The number of nitriles is 1. The molecule has 6 heteroatoms. The van der Waals surface area contributed by atoms with Crippen molar-refractivity contribution in [2.75, 3.05) is 7.11 Å². The van der Waals surface area contributed by atoms with E-state index in [0.29, 0.717) is 24.4 Å². The van der Waals surface area contributed by atoms with E-state index in [1.807, 2.05) is 12.1 Å². The molecule has 0 atom stereocenters. The van der Waals surface area contributed by atoms with Crippen LogP contribution in [0, 0.1) is 11.3 Å². The summed E-state index contributed by atoms with van der Waals surface area (Å²) in [6, 6.07) is 9.14. The average Bonchev–Trinajstić information content (AvgIpc) is 3.02. The minimum Gasteiger partial charge on any atom is -0.497 e. The summed E-state index contributed by atoms with van der Waals surface area (Å²) in [5.41, 5.74) is 0.572. The number of benzene rings is 1. The number of methoxy groups -OCH3 is 1. The monoisotopic (exact) mass is 297 g/mol. The molecule has 0 amide bonds. The second-order valence-electron chi connectivity index (χ2n) is 5.21. The molecule has 22 heavy (non-hydrogen) atoms. The van der Waals surface area contributed by atoms with Crippen molar-refractivity contribution >= 4 is 0 Å². The van der Waals surface area contributed by atoms with Crippen LogP contribution in [-0.2, 0) is 19.5 Å². The molecule has 112 valence electrons. The molecule has 3 rings (SSSR count). The van der Waals surface area contributed by atoms with E-state index in [0.717, 1.165) is 16.6 Å². The van der Waals surface area contributed by atoms with E-state index in [-0.39, 0.29) is 17.8 Å². The highest BCUT2D eigenvalue weighted by Crippen LogP contribution is 2.15. The Hall–Kier alpha value is -2.81. The summed E-state index contributed by atoms with van der Waals surface area (Å²) in [4.78, 5) is 24.9. The zero-order chi connectivity index (χ0) is 15.7. The molecule has 0 radical (unpaired) electrons. The zero-order valence-electron chi connectivity index (χ0n) is 12.2. The van der Waals surface area contributed by atoms with Crippen molar-refractivity contribution in [2.45, 2.75) is 25.9 Å². The molecule has 1 aromatic heterocycles. The van der Waals surface area contributed by atoms with Crippen LogP contribution in [0.15, 0.2) is 33.9 Å². The number of hydrogen-bond donors (Lipinski definition) is 0. The molecule has 1 aromatic carbocycles. The summed E-state index contributed by atoms with van der Waals surface area (Å²) in [6.07, 6.45) is 1.39. The van der Waals surface area contributed by atoms with Crippen LogP contribution >= 0.6 is 0 Å². The number of rotatable bonds is 3. The molecule has 0 aliphatic carbocycles. The highest BCUT2D eigenvalue weighted by atomic mass is 16.5. The first-order chi connectivity index (χ1) is 10.7. The fourth-order valence-electron chi connectivity index (χ4n) is 2.84. The van der Waals surface area contributed by atoms with Crippen molar-refractivity contribution in [1.82, 2.24) is 9.13 Å². The lowest BCUT2D eigenvalue weighted by molar-refractivity contribution is 0.414. The molecule has 1 aliphatic heterocycles. The van der Waals surface area contributed by atoms with Crippen LogP contribution in [0.5, 0.6) is 5.75 Å². The van der Waals surface area contributed by atoms with Crippen molar-refractivity contribution in [3.63, 3.8) is 0 Å². The van der Waals surface area contributed by atoms with Crippen molar-refractivity contribution < 1.29 is 4.74 Å². The molecule has 0 saturated heterocycles. The van der Waals surface area contributed by atoms with Gasteiger partial charge in [0.2, 0.25) is 0 Å². The van der Waals surface area contributed by atoms with Crippen LogP contribution < -0.4 is 16.0 Å². The van der Waals surface area contributed by atoms with Gasteiger partial charge in [-0.2, -0.15) is 5.26 Å². The molecule has 6 nitrogen and oxygen atoms in total. The highest BCUT2D eigenvalue weighted by molar-refractivity contribution is 5.34. The highest BCUT2D eigenvalue weighted by Gasteiger charge is 2.22. The van der Waals surface area contributed by atoms with Crippen LogP contribution in [0.4, 0.5) is 0 Å². The topological polar surface area (TPSA) is 77.0 Å². The smallest absolute Gasteiger partial charge is 0.331 e. The maximum absolute atomic E-state index is 12.5. The number of aromatic nitrogens is 2. The number of ether oxygens (including phenoxy) is 1. The summed E-state index contributed by atoms with van der Waals surface area (Å²) in [5, 5.41) is 9.25. The van der Waals surface area contributed by atoms with Gasteiger partial charge >= 0.3 is 5.69 Å². The second-order valence-corrected chi connectivity index (χ2v) is 5.21. The Kier molecular flexibility index (Phi) is 3.55. The first-order valence-corrected chi connectivity index (χ1v) is 7.05. The van der Waals surface area contributed by atoms with Gasteiger partial charge in [0.15, 0.2) is 0 Å². The summed E-state index contributed by atoms with van der Waals surface area (Å²) < 4.78 is 7.82. The van der Waals surface area contributed by atoms with Crippen LogP contribution in [0.1, 0.15) is 23.2 Å². The van der Waals surface area contributed by atoms with Crippen molar-refractivity contribution in [1.29, 1.82) is 5.26 Å². The molecular weight excluding hydrogens is 282 g/mol. The summed E-state index contributed by atoms with van der Waals surface area (Å²) in [7, 11) is 1.56. The normalized spacial score (nSPS) is 12.7. The minimum atomic E-state index is -0.511. The first kappa shape index (κ1) is 14.1. The maximum Gasteiger partial charge on any atom is 0.331 e. The summed E-state index contributed by atoms with van der Waals surface area (Å²) in [6.45, 7) is 0.686. The average molecular weight is 297 g/mol. The van der Waals surface area contributed by atoms with Gasteiger partial charge < -0.3 is 4.74 Å². The standard InChI is InChI=1S/C16H15N3O3/c1-22-12-5-2-4-11(8-12)10-19-15(20)13(9-17)14-6-3-7-18(14)16(19)21/h2,4-5,8H,3,6-7,10H2,1H3. The molecule has 2 heterocycles. The third-order valence-corrected chi connectivity index (χ3v) is 3.92. The lowest BCUT2D eigenvalue weighted by Gasteiger charge is -2.11. The van der Waals surface area contributed by atoms with Gasteiger partial charge in [-0.15, -0.1) is 0 Å². The predicted molar refractivity (Wildman–Crippen MR) is 80.1 cm³/mol. The quantitative estimate of drug-likeness (QED) is 0.843. The molecule has 0 spiro atoms. The first-order valence-electron chi connectivity index (χ1n) is 7.05. The number of nitrogens with zero attached hydrogens (tertiary/aromatic N) is 3. The molecule has 0 saturated carbocycles. The molecule has 0 N–H and O–H groups in total. The SMILES string of the molecule is COc1cccc(Cn2c(=O)c(C#N)c3n(c2=O)CCC3)c1. The minimum absolute atomic E-state index is 0.0833. The Balaban J connectivity index is 2.14. The Morgan fingerprint density at radius 3 is 2.91 bits per heavy atom. The molecule has 0 bridgehead atoms. The predicted octanol–water partition coefficient (Wildman–Crippen LogP) is 0.885. The van der Waals surface area contributed by atoms with E-state index in [9.17, 15) is 14.9 Å². The summed E-state index contributed by atoms with van der Waals surface area (Å²) in [5.74, 6) is 0.660. The van der Waals surface area contributed by atoms with Gasteiger partial charge in [-0.1, -0.05) is 12.1 Å². The van der Waals surface area contributed by atoms with Gasteiger partial charge in [-0.05, 0) is 30.5 Å². The maximum atomic E-state index is 12.5. The number of fused-ring (bicyclic) bond motifs is 1. The molecule has 0 fully saturated rings. The van der Waals surface area contributed by atoms with Gasteiger partial charge in [0.1, 0.15) is 17.4 Å². The molecule has 0 unspecified atom stereocenters.